The maximum atomic E-state index is 5.42. The van der Waals surface area contributed by atoms with Crippen molar-refractivity contribution in [3.63, 3.8) is 0 Å². The molecular formula is C19H36N8O2. The predicted octanol–water partition coefficient (Wildman–Crippen LogP) is -0.787. The second-order valence-corrected chi connectivity index (χ2v) is 7.50. The third-order valence-electron chi connectivity index (χ3n) is 5.43. The number of nitrogens with one attached hydrogen (secondary N) is 2. The summed E-state index contributed by atoms with van der Waals surface area (Å²) >= 11 is 0. The first-order valence-corrected chi connectivity index (χ1v) is 10.7. The second kappa shape index (κ2) is 12.1. The van der Waals surface area contributed by atoms with E-state index in [1.165, 1.54) is 0 Å². The summed E-state index contributed by atoms with van der Waals surface area (Å²) in [6, 6.07) is 0. The van der Waals surface area contributed by atoms with Crippen LogP contribution >= 0.6 is 0 Å². The molecule has 0 saturated carbocycles. The van der Waals surface area contributed by atoms with Crippen molar-refractivity contribution >= 4 is 5.96 Å². The lowest BCUT2D eigenvalue weighted by molar-refractivity contribution is 0.0375. The Kier molecular flexibility index (Phi) is 9.13. The lowest BCUT2D eigenvalue weighted by Gasteiger charge is -2.27. The maximum Gasteiger partial charge on any atom is 0.191 e. The van der Waals surface area contributed by atoms with Crippen LogP contribution in [0, 0.1) is 6.92 Å². The van der Waals surface area contributed by atoms with E-state index in [4.69, 9.17) is 14.5 Å². The summed E-state index contributed by atoms with van der Waals surface area (Å²) < 4.78 is 12.8. The number of aromatic nitrogens is 3. The summed E-state index contributed by atoms with van der Waals surface area (Å²) in [5, 5.41) is 15.3. The molecule has 0 aromatic carbocycles. The van der Waals surface area contributed by atoms with Crippen molar-refractivity contribution in [3.05, 3.63) is 11.6 Å². The molecule has 3 heterocycles. The molecule has 2 aliphatic rings. The molecule has 0 bridgehead atoms. The smallest absolute Gasteiger partial charge is 0.191 e. The van der Waals surface area contributed by atoms with Gasteiger partial charge in [0.1, 0.15) is 12.4 Å². The van der Waals surface area contributed by atoms with E-state index in [1.807, 2.05) is 18.5 Å². The lowest BCUT2D eigenvalue weighted by Crippen LogP contribution is -2.45. The fourth-order valence-corrected chi connectivity index (χ4v) is 3.40. The summed E-state index contributed by atoms with van der Waals surface area (Å²) in [5.74, 6) is 2.60. The Balaban J connectivity index is 1.44. The fourth-order valence-electron chi connectivity index (χ4n) is 3.40. The summed E-state index contributed by atoms with van der Waals surface area (Å²) in [5.41, 5.74) is 0. The molecule has 3 rings (SSSR count). The average molecular weight is 409 g/mol. The lowest BCUT2D eigenvalue weighted by atomic mass is 10.3. The number of morpholine rings is 2. The molecule has 10 nitrogen and oxygen atoms in total. The van der Waals surface area contributed by atoms with Crippen molar-refractivity contribution in [2.24, 2.45) is 12.0 Å². The van der Waals surface area contributed by atoms with Crippen LogP contribution in [-0.4, -0.2) is 109 Å². The highest BCUT2D eigenvalue weighted by Crippen LogP contribution is 2.00. The van der Waals surface area contributed by atoms with Crippen LogP contribution in [0.25, 0.3) is 0 Å². The van der Waals surface area contributed by atoms with Gasteiger partial charge in [-0.2, -0.15) is 0 Å². The zero-order chi connectivity index (χ0) is 20.3. The van der Waals surface area contributed by atoms with Crippen LogP contribution in [0.4, 0.5) is 0 Å². The van der Waals surface area contributed by atoms with Crippen LogP contribution < -0.4 is 10.6 Å². The molecule has 2 saturated heterocycles. The van der Waals surface area contributed by atoms with Crippen molar-refractivity contribution in [3.8, 4) is 0 Å². The van der Waals surface area contributed by atoms with Gasteiger partial charge in [0.05, 0.1) is 26.4 Å². The highest BCUT2D eigenvalue weighted by atomic mass is 16.5. The molecule has 0 unspecified atom stereocenters. The molecular weight excluding hydrogens is 372 g/mol. The zero-order valence-corrected chi connectivity index (χ0v) is 17.9. The highest BCUT2D eigenvalue weighted by molar-refractivity contribution is 5.79. The van der Waals surface area contributed by atoms with Crippen LogP contribution in [0.3, 0.4) is 0 Å². The van der Waals surface area contributed by atoms with Crippen LogP contribution in [0.2, 0.25) is 0 Å². The first kappa shape index (κ1) is 21.9. The monoisotopic (exact) mass is 408 g/mol. The number of aliphatic imine (C=N–C) groups is 1. The van der Waals surface area contributed by atoms with E-state index in [0.717, 1.165) is 103 Å². The Morgan fingerprint density at radius 2 is 1.55 bits per heavy atom. The van der Waals surface area contributed by atoms with Crippen LogP contribution in [0.15, 0.2) is 4.99 Å². The standard InChI is InChI=1S/C19H36N8O2/c1-17-23-24-18(25(17)2)16-22-19(21-5-7-27-10-14-29-15-11-27)20-4-3-6-26-8-12-28-13-9-26/h3-16H2,1-2H3,(H2,20,21,22). The number of ether oxygens (including phenoxy) is 2. The van der Waals surface area contributed by atoms with E-state index in [2.05, 4.69) is 30.6 Å². The largest absolute Gasteiger partial charge is 0.379 e. The van der Waals surface area contributed by atoms with Crippen molar-refractivity contribution in [2.75, 3.05) is 78.8 Å². The van der Waals surface area contributed by atoms with Crippen molar-refractivity contribution < 1.29 is 9.47 Å². The number of hydrogen-bond acceptors (Lipinski definition) is 7. The Labute approximate surface area is 173 Å². The van der Waals surface area contributed by atoms with Gasteiger partial charge in [-0.3, -0.25) is 9.80 Å². The van der Waals surface area contributed by atoms with Crippen molar-refractivity contribution in [1.29, 1.82) is 0 Å². The van der Waals surface area contributed by atoms with Gasteiger partial charge in [-0.25, -0.2) is 4.99 Å². The first-order valence-electron chi connectivity index (χ1n) is 10.7. The van der Waals surface area contributed by atoms with E-state index >= 15 is 0 Å². The predicted molar refractivity (Wildman–Crippen MR) is 112 cm³/mol. The molecule has 10 heteroatoms. The van der Waals surface area contributed by atoms with E-state index in [0.29, 0.717) is 6.54 Å². The maximum absolute atomic E-state index is 5.42. The van der Waals surface area contributed by atoms with Gasteiger partial charge in [0.2, 0.25) is 0 Å². The van der Waals surface area contributed by atoms with Crippen LogP contribution in [0.1, 0.15) is 18.1 Å². The molecule has 2 fully saturated rings. The van der Waals surface area contributed by atoms with Gasteiger partial charge in [0.15, 0.2) is 11.8 Å². The normalized spacial score (nSPS) is 19.4. The average Bonchev–Trinajstić information content (AvgIpc) is 3.08. The van der Waals surface area contributed by atoms with E-state index in [1.54, 1.807) is 0 Å². The molecule has 1 aromatic rings. The van der Waals surface area contributed by atoms with Gasteiger partial charge in [-0.05, 0) is 19.9 Å². The number of rotatable bonds is 9. The van der Waals surface area contributed by atoms with Gasteiger partial charge in [0, 0.05) is 52.9 Å². The minimum atomic E-state index is 0.508. The Morgan fingerprint density at radius 3 is 2.17 bits per heavy atom. The van der Waals surface area contributed by atoms with Crippen molar-refractivity contribution in [2.45, 2.75) is 19.9 Å². The number of hydrogen-bond donors (Lipinski definition) is 2. The SMILES string of the molecule is Cc1nnc(CN=C(NCCCN2CCOCC2)NCCN2CCOCC2)n1C. The topological polar surface area (TPSA) is 92.1 Å². The van der Waals surface area contributed by atoms with Gasteiger partial charge >= 0.3 is 0 Å². The van der Waals surface area contributed by atoms with E-state index < -0.39 is 0 Å². The quantitative estimate of drug-likeness (QED) is 0.312. The molecule has 0 amide bonds. The number of aryl methyl sites for hydroxylation is 1. The molecule has 2 aliphatic heterocycles. The summed E-state index contributed by atoms with van der Waals surface area (Å²) in [6.45, 7) is 13.7. The van der Waals surface area contributed by atoms with E-state index in [9.17, 15) is 0 Å². The number of nitrogens with zero attached hydrogens (tertiary/aromatic N) is 6. The number of guanidine groups is 1. The fraction of sp³-hybridized carbons (Fsp3) is 0.842. The molecule has 164 valence electrons. The minimum Gasteiger partial charge on any atom is -0.379 e. The molecule has 2 N–H and O–H groups in total. The summed E-state index contributed by atoms with van der Waals surface area (Å²) in [7, 11) is 1.97. The summed E-state index contributed by atoms with van der Waals surface area (Å²) in [6.07, 6.45) is 1.08. The zero-order valence-electron chi connectivity index (χ0n) is 17.9. The second-order valence-electron chi connectivity index (χ2n) is 7.50. The van der Waals surface area contributed by atoms with Crippen LogP contribution in [-0.2, 0) is 23.1 Å². The molecule has 29 heavy (non-hydrogen) atoms. The Bertz CT molecular complexity index is 624. The molecule has 0 aliphatic carbocycles. The Hall–Kier alpha value is -1.75. The minimum absolute atomic E-state index is 0.508. The van der Waals surface area contributed by atoms with Gasteiger partial charge in [-0.1, -0.05) is 0 Å². The molecule has 0 atom stereocenters. The van der Waals surface area contributed by atoms with E-state index in [-0.39, 0.29) is 0 Å². The third-order valence-corrected chi connectivity index (χ3v) is 5.43. The van der Waals surface area contributed by atoms with Gasteiger partial charge in [0.25, 0.3) is 0 Å². The summed E-state index contributed by atoms with van der Waals surface area (Å²) in [4.78, 5) is 9.60. The van der Waals surface area contributed by atoms with Gasteiger partial charge < -0.3 is 24.7 Å². The van der Waals surface area contributed by atoms with Crippen molar-refractivity contribution in [1.82, 2.24) is 35.2 Å². The van der Waals surface area contributed by atoms with Crippen LogP contribution in [0.5, 0.6) is 0 Å². The molecule has 0 spiro atoms. The molecule has 1 aromatic heterocycles. The molecule has 0 radical (unpaired) electrons. The highest BCUT2D eigenvalue weighted by Gasteiger charge is 2.11. The van der Waals surface area contributed by atoms with Gasteiger partial charge in [-0.15, -0.1) is 10.2 Å². The first-order chi connectivity index (χ1) is 14.2. The Morgan fingerprint density at radius 1 is 0.931 bits per heavy atom. The third kappa shape index (κ3) is 7.54.